The number of sulfonamides is 1. The third kappa shape index (κ3) is 4.75. The molecule has 0 bridgehead atoms. The van der Waals surface area contributed by atoms with Gasteiger partial charge in [0.05, 0.1) is 24.5 Å². The minimum absolute atomic E-state index is 0.0757. The molecule has 1 aliphatic rings. The summed E-state index contributed by atoms with van der Waals surface area (Å²) >= 11 is 7.01. The summed E-state index contributed by atoms with van der Waals surface area (Å²) in [7, 11) is -3.84. The van der Waals surface area contributed by atoms with Gasteiger partial charge in [-0.2, -0.15) is 0 Å². The van der Waals surface area contributed by atoms with Crippen LogP contribution in [0.1, 0.15) is 16.1 Å². The van der Waals surface area contributed by atoms with Crippen molar-refractivity contribution in [1.82, 2.24) is 15.1 Å². The fourth-order valence-corrected chi connectivity index (χ4v) is 5.65. The van der Waals surface area contributed by atoms with Gasteiger partial charge in [0, 0.05) is 18.1 Å². The van der Waals surface area contributed by atoms with E-state index in [1.807, 2.05) is 0 Å². The number of amides is 1. The molecule has 27 heavy (non-hydrogen) atoms. The first kappa shape index (κ1) is 20.0. The molecule has 1 fully saturated rings. The van der Waals surface area contributed by atoms with Gasteiger partial charge in [-0.25, -0.2) is 8.42 Å². The SMILES string of the molecule is Cc1cc(Cl)cc(C)c1S(=O)(=O)Nc1nnc(CC(=O)N2CCOCC2)s1. The molecule has 1 aliphatic heterocycles. The summed E-state index contributed by atoms with van der Waals surface area (Å²) < 4.78 is 33.1. The van der Waals surface area contributed by atoms with Gasteiger partial charge in [-0.3, -0.25) is 9.52 Å². The third-order valence-electron chi connectivity index (χ3n) is 4.05. The van der Waals surface area contributed by atoms with E-state index in [4.69, 9.17) is 16.3 Å². The van der Waals surface area contributed by atoms with Crippen molar-refractivity contribution in [2.75, 3.05) is 31.0 Å². The van der Waals surface area contributed by atoms with Crippen LogP contribution in [-0.2, 0) is 26.0 Å². The largest absolute Gasteiger partial charge is 0.378 e. The van der Waals surface area contributed by atoms with E-state index in [2.05, 4.69) is 14.9 Å². The summed E-state index contributed by atoms with van der Waals surface area (Å²) in [6, 6.07) is 3.19. The molecule has 1 amide bonds. The maximum absolute atomic E-state index is 12.7. The number of anilines is 1. The average Bonchev–Trinajstić information content (AvgIpc) is 3.00. The van der Waals surface area contributed by atoms with Gasteiger partial charge in [-0.1, -0.05) is 22.9 Å². The molecule has 0 unspecified atom stereocenters. The normalized spacial score (nSPS) is 15.0. The highest BCUT2D eigenvalue weighted by atomic mass is 35.5. The lowest BCUT2D eigenvalue weighted by Crippen LogP contribution is -2.41. The summed E-state index contributed by atoms with van der Waals surface area (Å²) in [6.07, 6.45) is 0.0817. The Morgan fingerprint density at radius 1 is 1.26 bits per heavy atom. The van der Waals surface area contributed by atoms with Crippen LogP contribution in [-0.4, -0.2) is 55.7 Å². The van der Waals surface area contributed by atoms with Gasteiger partial charge in [0.25, 0.3) is 10.0 Å². The molecule has 1 saturated heterocycles. The number of hydrogen-bond acceptors (Lipinski definition) is 7. The lowest BCUT2D eigenvalue weighted by Gasteiger charge is -2.26. The first-order valence-electron chi connectivity index (χ1n) is 8.24. The van der Waals surface area contributed by atoms with E-state index in [1.165, 1.54) is 0 Å². The van der Waals surface area contributed by atoms with Crippen molar-refractivity contribution in [1.29, 1.82) is 0 Å². The minimum Gasteiger partial charge on any atom is -0.378 e. The number of rotatable bonds is 5. The van der Waals surface area contributed by atoms with Crippen LogP contribution in [0.15, 0.2) is 17.0 Å². The molecule has 8 nitrogen and oxygen atoms in total. The second kappa shape index (κ2) is 8.09. The number of ether oxygens (including phenoxy) is 1. The number of carbonyl (C=O) groups is 1. The predicted molar refractivity (Wildman–Crippen MR) is 103 cm³/mol. The molecule has 0 spiro atoms. The van der Waals surface area contributed by atoms with Crippen LogP contribution in [0.3, 0.4) is 0 Å². The van der Waals surface area contributed by atoms with Crippen molar-refractivity contribution in [2.24, 2.45) is 0 Å². The topological polar surface area (TPSA) is 101 Å². The molecule has 0 radical (unpaired) electrons. The molecular formula is C16H19ClN4O4S2. The monoisotopic (exact) mass is 430 g/mol. The second-order valence-electron chi connectivity index (χ2n) is 6.15. The summed E-state index contributed by atoms with van der Waals surface area (Å²) in [5.41, 5.74) is 1.08. The molecule has 11 heteroatoms. The van der Waals surface area contributed by atoms with E-state index in [-0.39, 0.29) is 22.4 Å². The van der Waals surface area contributed by atoms with E-state index in [9.17, 15) is 13.2 Å². The predicted octanol–water partition coefficient (Wildman–Crippen LogP) is 2.01. The molecular weight excluding hydrogens is 412 g/mol. The lowest BCUT2D eigenvalue weighted by molar-refractivity contribution is -0.134. The average molecular weight is 431 g/mol. The maximum Gasteiger partial charge on any atom is 0.264 e. The molecule has 1 aromatic carbocycles. The number of nitrogens with one attached hydrogen (secondary N) is 1. The Morgan fingerprint density at radius 2 is 1.89 bits per heavy atom. The van der Waals surface area contributed by atoms with Crippen molar-refractivity contribution < 1.29 is 17.9 Å². The molecule has 2 heterocycles. The van der Waals surface area contributed by atoms with Gasteiger partial charge >= 0.3 is 0 Å². The van der Waals surface area contributed by atoms with Crippen LogP contribution in [0.4, 0.5) is 5.13 Å². The number of benzene rings is 1. The Kier molecular flexibility index (Phi) is 5.99. The molecule has 0 saturated carbocycles. The highest BCUT2D eigenvalue weighted by Gasteiger charge is 2.23. The quantitative estimate of drug-likeness (QED) is 0.778. The van der Waals surface area contributed by atoms with Crippen LogP contribution >= 0.6 is 22.9 Å². The van der Waals surface area contributed by atoms with E-state index in [1.54, 1.807) is 30.9 Å². The number of aryl methyl sites for hydroxylation is 2. The Bertz CT molecular complexity index is 932. The number of aromatic nitrogens is 2. The van der Waals surface area contributed by atoms with Gasteiger partial charge in [0.2, 0.25) is 11.0 Å². The van der Waals surface area contributed by atoms with Gasteiger partial charge in [0.15, 0.2) is 0 Å². The van der Waals surface area contributed by atoms with Crippen molar-refractivity contribution in [3.63, 3.8) is 0 Å². The molecule has 146 valence electrons. The molecule has 3 rings (SSSR count). The molecule has 2 aromatic rings. The summed E-state index contributed by atoms with van der Waals surface area (Å²) in [5, 5.41) is 8.84. The molecule has 0 atom stereocenters. The fraction of sp³-hybridized carbons (Fsp3) is 0.438. The van der Waals surface area contributed by atoms with Crippen LogP contribution in [0.25, 0.3) is 0 Å². The van der Waals surface area contributed by atoms with Gasteiger partial charge in [-0.05, 0) is 37.1 Å². The van der Waals surface area contributed by atoms with Crippen molar-refractivity contribution in [2.45, 2.75) is 25.2 Å². The lowest BCUT2D eigenvalue weighted by atomic mass is 10.2. The van der Waals surface area contributed by atoms with Crippen molar-refractivity contribution in [3.8, 4) is 0 Å². The standard InChI is InChI=1S/C16H19ClN4O4S2/c1-10-7-12(17)8-11(2)15(10)27(23,24)20-16-19-18-13(26-16)9-14(22)21-3-5-25-6-4-21/h7-8H,3-6,9H2,1-2H3,(H,19,20). The van der Waals surface area contributed by atoms with E-state index in [0.29, 0.717) is 47.5 Å². The number of nitrogens with zero attached hydrogens (tertiary/aromatic N) is 3. The zero-order valence-corrected chi connectivity index (χ0v) is 17.2. The Morgan fingerprint density at radius 3 is 2.52 bits per heavy atom. The molecule has 1 N–H and O–H groups in total. The van der Waals surface area contributed by atoms with Crippen LogP contribution in [0.2, 0.25) is 5.02 Å². The number of carbonyl (C=O) groups excluding carboxylic acids is 1. The van der Waals surface area contributed by atoms with Gasteiger partial charge in [0.1, 0.15) is 5.01 Å². The highest BCUT2D eigenvalue weighted by molar-refractivity contribution is 7.93. The smallest absolute Gasteiger partial charge is 0.264 e. The zero-order valence-electron chi connectivity index (χ0n) is 14.9. The number of morpholine rings is 1. The highest BCUT2D eigenvalue weighted by Crippen LogP contribution is 2.27. The minimum atomic E-state index is -3.84. The molecule has 1 aromatic heterocycles. The third-order valence-corrected chi connectivity index (χ3v) is 6.88. The fourth-order valence-electron chi connectivity index (χ4n) is 2.91. The van der Waals surface area contributed by atoms with E-state index < -0.39 is 10.0 Å². The Hall–Kier alpha value is -1.75. The van der Waals surface area contributed by atoms with Crippen LogP contribution < -0.4 is 4.72 Å². The molecule has 0 aliphatic carbocycles. The van der Waals surface area contributed by atoms with Gasteiger partial charge in [-0.15, -0.1) is 10.2 Å². The maximum atomic E-state index is 12.7. The van der Waals surface area contributed by atoms with Gasteiger partial charge < -0.3 is 9.64 Å². The Labute approximate surface area is 166 Å². The van der Waals surface area contributed by atoms with Crippen molar-refractivity contribution >= 4 is 44.0 Å². The summed E-state index contributed by atoms with van der Waals surface area (Å²) in [5.74, 6) is -0.0757. The first-order valence-corrected chi connectivity index (χ1v) is 10.9. The number of halogens is 1. The van der Waals surface area contributed by atoms with Crippen LogP contribution in [0, 0.1) is 13.8 Å². The van der Waals surface area contributed by atoms with Crippen LogP contribution in [0.5, 0.6) is 0 Å². The zero-order chi connectivity index (χ0) is 19.6. The van der Waals surface area contributed by atoms with E-state index >= 15 is 0 Å². The first-order chi connectivity index (χ1) is 12.8. The number of hydrogen-bond donors (Lipinski definition) is 1. The summed E-state index contributed by atoms with van der Waals surface area (Å²) in [6.45, 7) is 5.50. The summed E-state index contributed by atoms with van der Waals surface area (Å²) in [4.78, 5) is 14.1. The second-order valence-corrected chi connectivity index (χ2v) is 9.26. The van der Waals surface area contributed by atoms with E-state index in [0.717, 1.165) is 11.3 Å². The van der Waals surface area contributed by atoms with Crippen molar-refractivity contribution in [3.05, 3.63) is 33.3 Å². The Balaban J connectivity index is 1.72.